The molecule has 1 aromatic heterocycles. The van der Waals surface area contributed by atoms with Gasteiger partial charge in [0.1, 0.15) is 0 Å². The fourth-order valence-corrected chi connectivity index (χ4v) is 5.40. The number of carbonyl (C=O) groups excluding carboxylic acids is 1. The van der Waals surface area contributed by atoms with Crippen LogP contribution in [0.1, 0.15) is 41.9 Å². The van der Waals surface area contributed by atoms with Crippen LogP contribution in [-0.4, -0.2) is 22.1 Å². The number of halogens is 1. The van der Waals surface area contributed by atoms with Crippen molar-refractivity contribution >= 4 is 28.8 Å². The quantitative estimate of drug-likeness (QED) is 0.913. The van der Waals surface area contributed by atoms with Gasteiger partial charge in [0.2, 0.25) is 9.47 Å². The van der Waals surface area contributed by atoms with Crippen LogP contribution in [0.15, 0.2) is 0 Å². The van der Waals surface area contributed by atoms with Gasteiger partial charge in [0.15, 0.2) is 0 Å². The fourth-order valence-electron chi connectivity index (χ4n) is 4.67. The van der Waals surface area contributed by atoms with Crippen molar-refractivity contribution in [3.05, 3.63) is 9.47 Å². The third-order valence-electron chi connectivity index (χ3n) is 5.12. The molecule has 1 amide bonds. The minimum Gasteiger partial charge on any atom is -0.347 e. The van der Waals surface area contributed by atoms with Crippen LogP contribution in [0.25, 0.3) is 0 Å². The minimum atomic E-state index is -0.0955. The number of aromatic nitrogens is 2. The molecular formula is C13H16ClN3OS. The Bertz CT molecular complexity index is 490. The molecule has 0 atom stereocenters. The molecule has 1 aromatic rings. The van der Waals surface area contributed by atoms with E-state index in [9.17, 15) is 4.79 Å². The van der Waals surface area contributed by atoms with Gasteiger partial charge in [0, 0.05) is 6.04 Å². The number of carbonyl (C=O) groups is 1. The van der Waals surface area contributed by atoms with E-state index in [0.29, 0.717) is 27.4 Å². The zero-order valence-corrected chi connectivity index (χ0v) is 12.1. The zero-order chi connectivity index (χ0) is 13.0. The van der Waals surface area contributed by atoms with Crippen LogP contribution >= 0.6 is 22.9 Å². The molecule has 0 spiro atoms. The van der Waals surface area contributed by atoms with Crippen LogP contribution in [0.2, 0.25) is 4.47 Å². The van der Waals surface area contributed by atoms with Crippen molar-refractivity contribution in [2.45, 2.75) is 38.1 Å². The van der Waals surface area contributed by atoms with Gasteiger partial charge in [-0.1, -0.05) is 11.3 Å². The van der Waals surface area contributed by atoms with Gasteiger partial charge in [-0.3, -0.25) is 4.79 Å². The number of hydrogen-bond donors (Lipinski definition) is 1. The summed E-state index contributed by atoms with van der Waals surface area (Å²) in [5, 5.41) is 11.1. The topological polar surface area (TPSA) is 54.9 Å². The van der Waals surface area contributed by atoms with Gasteiger partial charge in [-0.2, -0.15) is 0 Å². The molecule has 4 saturated carbocycles. The van der Waals surface area contributed by atoms with Crippen molar-refractivity contribution < 1.29 is 4.79 Å². The van der Waals surface area contributed by atoms with Gasteiger partial charge in [-0.05, 0) is 67.4 Å². The average molecular weight is 298 g/mol. The van der Waals surface area contributed by atoms with Crippen LogP contribution in [-0.2, 0) is 0 Å². The molecule has 1 heterocycles. The summed E-state index contributed by atoms with van der Waals surface area (Å²) >= 11 is 6.89. The highest BCUT2D eigenvalue weighted by Gasteiger charge is 2.48. The molecule has 0 radical (unpaired) electrons. The van der Waals surface area contributed by atoms with Gasteiger partial charge in [-0.25, -0.2) is 0 Å². The molecule has 6 heteroatoms. The van der Waals surface area contributed by atoms with Crippen LogP contribution < -0.4 is 5.32 Å². The van der Waals surface area contributed by atoms with Crippen LogP contribution in [0.4, 0.5) is 0 Å². The van der Waals surface area contributed by atoms with Gasteiger partial charge in [0.05, 0.1) is 0 Å². The number of nitrogens with zero attached hydrogens (tertiary/aromatic N) is 2. The Balaban J connectivity index is 1.49. The molecule has 4 aliphatic carbocycles. The molecule has 5 rings (SSSR count). The van der Waals surface area contributed by atoms with Crippen molar-refractivity contribution in [3.8, 4) is 0 Å². The third-order valence-corrected chi connectivity index (χ3v) is 6.14. The Labute approximate surface area is 120 Å². The lowest BCUT2D eigenvalue weighted by molar-refractivity contribution is -0.0119. The normalized spacial score (nSPS) is 39.5. The van der Waals surface area contributed by atoms with E-state index in [-0.39, 0.29) is 5.91 Å². The van der Waals surface area contributed by atoms with Gasteiger partial charge >= 0.3 is 0 Å². The zero-order valence-electron chi connectivity index (χ0n) is 10.5. The van der Waals surface area contributed by atoms with Crippen LogP contribution in [0.3, 0.4) is 0 Å². The Morgan fingerprint density at radius 1 is 1.11 bits per heavy atom. The van der Waals surface area contributed by atoms with E-state index in [2.05, 4.69) is 15.5 Å². The lowest BCUT2D eigenvalue weighted by Crippen LogP contribution is -2.55. The monoisotopic (exact) mass is 297 g/mol. The Morgan fingerprint density at radius 2 is 1.74 bits per heavy atom. The predicted molar refractivity (Wildman–Crippen MR) is 73.2 cm³/mol. The largest absolute Gasteiger partial charge is 0.347 e. The molecule has 1 N–H and O–H groups in total. The maximum Gasteiger partial charge on any atom is 0.282 e. The van der Waals surface area contributed by atoms with E-state index in [1.54, 1.807) is 0 Å². The maximum atomic E-state index is 12.2. The van der Waals surface area contributed by atoms with Crippen molar-refractivity contribution in [3.63, 3.8) is 0 Å². The second kappa shape index (κ2) is 4.42. The van der Waals surface area contributed by atoms with E-state index in [1.807, 2.05) is 0 Å². The van der Waals surface area contributed by atoms with E-state index in [0.717, 1.165) is 23.2 Å². The van der Waals surface area contributed by atoms with Crippen molar-refractivity contribution in [1.82, 2.24) is 15.5 Å². The molecule has 0 aliphatic heterocycles. The smallest absolute Gasteiger partial charge is 0.282 e. The van der Waals surface area contributed by atoms with E-state index in [4.69, 9.17) is 11.6 Å². The Morgan fingerprint density at radius 3 is 2.26 bits per heavy atom. The fraction of sp³-hybridized carbons (Fsp3) is 0.769. The molecule has 102 valence electrons. The molecular weight excluding hydrogens is 282 g/mol. The van der Waals surface area contributed by atoms with Crippen LogP contribution in [0.5, 0.6) is 0 Å². The Kier molecular flexibility index (Phi) is 2.81. The van der Waals surface area contributed by atoms with E-state index in [1.165, 1.54) is 32.1 Å². The summed E-state index contributed by atoms with van der Waals surface area (Å²) in [5.41, 5.74) is 0. The van der Waals surface area contributed by atoms with Crippen molar-refractivity contribution in [2.24, 2.45) is 23.7 Å². The number of hydrogen-bond acceptors (Lipinski definition) is 4. The first-order chi connectivity index (χ1) is 9.19. The molecule has 0 unspecified atom stereocenters. The lowest BCUT2D eigenvalue weighted by Gasteiger charge is -2.54. The summed E-state index contributed by atoms with van der Waals surface area (Å²) in [6.45, 7) is 0. The number of nitrogens with one attached hydrogen (secondary N) is 1. The van der Waals surface area contributed by atoms with E-state index >= 15 is 0 Å². The first-order valence-electron chi connectivity index (χ1n) is 6.99. The molecule has 0 saturated heterocycles. The summed E-state index contributed by atoms with van der Waals surface area (Å²) < 4.78 is 0.329. The first kappa shape index (κ1) is 12.1. The summed E-state index contributed by atoms with van der Waals surface area (Å²) in [7, 11) is 0. The summed E-state index contributed by atoms with van der Waals surface area (Å²) in [4.78, 5) is 12.2. The molecule has 19 heavy (non-hydrogen) atoms. The molecule has 4 aliphatic rings. The van der Waals surface area contributed by atoms with Gasteiger partial charge in [0.25, 0.3) is 5.91 Å². The third kappa shape index (κ3) is 2.07. The van der Waals surface area contributed by atoms with Crippen molar-refractivity contribution in [2.75, 3.05) is 0 Å². The van der Waals surface area contributed by atoms with Gasteiger partial charge in [-0.15, -0.1) is 10.2 Å². The summed E-state index contributed by atoms with van der Waals surface area (Å²) in [6.07, 6.45) is 6.63. The SMILES string of the molecule is O=C(NC1C2CC3CC(C2)CC1C3)c1nnc(Cl)s1. The second-order valence-corrected chi connectivity index (χ2v) is 7.85. The molecule has 4 fully saturated rings. The van der Waals surface area contributed by atoms with Gasteiger partial charge < -0.3 is 5.32 Å². The highest BCUT2D eigenvalue weighted by Crippen LogP contribution is 2.53. The number of amides is 1. The summed E-state index contributed by atoms with van der Waals surface area (Å²) in [5.74, 6) is 3.12. The highest BCUT2D eigenvalue weighted by molar-refractivity contribution is 7.17. The Hall–Kier alpha value is -0.680. The van der Waals surface area contributed by atoms with E-state index < -0.39 is 0 Å². The second-order valence-electron chi connectivity index (χ2n) is 6.29. The standard InChI is InChI=1S/C13H16ClN3OS/c14-13-17-16-12(19-13)11(18)15-10-8-2-6-1-7(4-8)5-9(10)3-6/h6-10H,1-5H2,(H,15,18). The predicted octanol–water partition coefficient (Wildman–Crippen LogP) is 2.75. The minimum absolute atomic E-state index is 0.0955. The maximum absolute atomic E-state index is 12.2. The highest BCUT2D eigenvalue weighted by atomic mass is 35.5. The van der Waals surface area contributed by atoms with Crippen LogP contribution in [0, 0.1) is 23.7 Å². The number of rotatable bonds is 2. The first-order valence-corrected chi connectivity index (χ1v) is 8.18. The average Bonchev–Trinajstić information content (AvgIpc) is 2.79. The molecule has 4 nitrogen and oxygen atoms in total. The molecule has 4 bridgehead atoms. The molecule has 0 aromatic carbocycles. The van der Waals surface area contributed by atoms with Crippen molar-refractivity contribution in [1.29, 1.82) is 0 Å². The lowest BCUT2D eigenvalue weighted by atomic mass is 9.54. The summed E-state index contributed by atoms with van der Waals surface area (Å²) in [6, 6.07) is 0.350.